The highest BCUT2D eigenvalue weighted by molar-refractivity contribution is 5.99. The largest absolute Gasteiger partial charge is 0.372 e. The summed E-state index contributed by atoms with van der Waals surface area (Å²) < 4.78 is 33.1. The van der Waals surface area contributed by atoms with Crippen molar-refractivity contribution < 1.29 is 18.2 Å². The Bertz CT molecular complexity index is 1260. The normalized spacial score (nSPS) is 26.0. The van der Waals surface area contributed by atoms with Gasteiger partial charge in [-0.1, -0.05) is 10.3 Å². The van der Waals surface area contributed by atoms with Crippen LogP contribution in [0.2, 0.25) is 0 Å². The Labute approximate surface area is 184 Å². The van der Waals surface area contributed by atoms with Crippen molar-refractivity contribution in [2.45, 2.75) is 52.4 Å². The number of aromatic nitrogens is 2. The number of halogens is 1. The lowest BCUT2D eigenvalue weighted by Gasteiger charge is -2.54. The maximum atomic E-state index is 16.1. The van der Waals surface area contributed by atoms with Crippen LogP contribution < -0.4 is 4.90 Å². The fourth-order valence-electron chi connectivity index (χ4n) is 5.79. The predicted molar refractivity (Wildman–Crippen MR) is 118 cm³/mol. The molecule has 6 rings (SSSR count). The van der Waals surface area contributed by atoms with Gasteiger partial charge < -0.3 is 18.7 Å². The zero-order valence-corrected chi connectivity index (χ0v) is 18.4. The Hall–Kier alpha value is -3.07. The molecule has 0 bridgehead atoms. The van der Waals surface area contributed by atoms with Crippen LogP contribution in [0.25, 0.3) is 22.2 Å². The van der Waals surface area contributed by atoms with Gasteiger partial charge in [-0.2, -0.15) is 0 Å². The van der Waals surface area contributed by atoms with E-state index in [-0.39, 0.29) is 23.8 Å². The van der Waals surface area contributed by atoms with Gasteiger partial charge in [-0.3, -0.25) is 9.98 Å². The summed E-state index contributed by atoms with van der Waals surface area (Å²) in [7, 11) is 0. The lowest BCUT2D eigenvalue weighted by atomic mass is 9.69. The van der Waals surface area contributed by atoms with E-state index in [9.17, 15) is 0 Å². The van der Waals surface area contributed by atoms with Crippen molar-refractivity contribution in [3.05, 3.63) is 28.9 Å². The van der Waals surface area contributed by atoms with Crippen molar-refractivity contribution >= 4 is 29.1 Å². The Kier molecular flexibility index (Phi) is 4.11. The summed E-state index contributed by atoms with van der Waals surface area (Å²) in [5, 5.41) is 8.85. The predicted octanol–water partition coefficient (Wildman–Crippen LogP) is 3.88. The molecule has 0 radical (unpaired) electrons. The third-order valence-electron chi connectivity index (χ3n) is 6.87. The van der Waals surface area contributed by atoms with Crippen molar-refractivity contribution in [1.82, 2.24) is 10.3 Å². The molecular weight excluding hydrogens is 413 g/mol. The molecule has 0 amide bonds. The average molecular weight is 437 g/mol. The van der Waals surface area contributed by atoms with Gasteiger partial charge in [-0.25, -0.2) is 4.39 Å². The first-order valence-electron chi connectivity index (χ1n) is 10.9. The molecule has 1 aromatic carbocycles. The molecular formula is C23H24FN5O3. The van der Waals surface area contributed by atoms with Crippen LogP contribution in [0.4, 0.5) is 10.1 Å². The van der Waals surface area contributed by atoms with Gasteiger partial charge in [0.1, 0.15) is 18.1 Å². The van der Waals surface area contributed by atoms with Crippen LogP contribution in [0.5, 0.6) is 0 Å². The number of aliphatic imine (C=N–C) groups is 2. The lowest BCUT2D eigenvalue weighted by molar-refractivity contribution is -0.0432. The van der Waals surface area contributed by atoms with E-state index in [0.717, 1.165) is 11.1 Å². The molecule has 32 heavy (non-hydrogen) atoms. The first kappa shape index (κ1) is 19.6. The number of ether oxygens (including phenoxy) is 1. The molecule has 3 aliphatic heterocycles. The maximum absolute atomic E-state index is 16.1. The van der Waals surface area contributed by atoms with Gasteiger partial charge in [0.15, 0.2) is 5.82 Å². The Balaban J connectivity index is 1.60. The van der Waals surface area contributed by atoms with Gasteiger partial charge in [0.05, 0.1) is 46.0 Å². The van der Waals surface area contributed by atoms with E-state index < -0.39 is 11.2 Å². The van der Waals surface area contributed by atoms with E-state index in [1.54, 1.807) is 0 Å². The van der Waals surface area contributed by atoms with Crippen molar-refractivity contribution in [2.75, 3.05) is 18.1 Å². The minimum atomic E-state index is -0.467. The van der Waals surface area contributed by atoms with Gasteiger partial charge in [-0.05, 0) is 45.7 Å². The minimum Gasteiger partial charge on any atom is -0.372 e. The van der Waals surface area contributed by atoms with Crippen LogP contribution in [0.3, 0.4) is 0 Å². The molecule has 166 valence electrons. The molecule has 3 aliphatic rings. The standard InChI is InChI=1S/C23H24FN5O3/c1-11-7-29-20-15(6-23(8-25-10-26-9-23)22(29)14(4)30-11)5-16-19(28-32-21(16)18(20)24)17-12(2)27-31-13(17)3/h5,8-9,11,14,22H,6-7,10H2,1-4H3/t11-,14+,22-/m1/s1. The summed E-state index contributed by atoms with van der Waals surface area (Å²) in [4.78, 5) is 11.1. The summed E-state index contributed by atoms with van der Waals surface area (Å²) in [6.07, 6.45) is 4.36. The van der Waals surface area contributed by atoms with Crippen LogP contribution in [-0.2, 0) is 11.2 Å². The monoisotopic (exact) mass is 437 g/mol. The quantitative estimate of drug-likeness (QED) is 0.574. The Morgan fingerprint density at radius 3 is 2.62 bits per heavy atom. The number of morpholine rings is 1. The van der Waals surface area contributed by atoms with Crippen molar-refractivity contribution in [3.8, 4) is 11.3 Å². The molecule has 8 nitrogen and oxygen atoms in total. The molecule has 3 atom stereocenters. The molecule has 1 spiro atoms. The van der Waals surface area contributed by atoms with Crippen LogP contribution in [-0.4, -0.2) is 54.2 Å². The molecule has 0 saturated carbocycles. The van der Waals surface area contributed by atoms with Crippen LogP contribution in [0, 0.1) is 25.1 Å². The van der Waals surface area contributed by atoms with E-state index >= 15 is 4.39 Å². The third kappa shape index (κ3) is 2.57. The van der Waals surface area contributed by atoms with E-state index in [0.29, 0.717) is 47.9 Å². The topological polar surface area (TPSA) is 89.2 Å². The zero-order valence-electron chi connectivity index (χ0n) is 18.4. The second-order valence-electron chi connectivity index (χ2n) is 9.11. The van der Waals surface area contributed by atoms with Gasteiger partial charge in [0.25, 0.3) is 0 Å². The molecule has 2 aromatic heterocycles. The van der Waals surface area contributed by atoms with Crippen LogP contribution in [0.15, 0.2) is 25.1 Å². The van der Waals surface area contributed by atoms with Gasteiger partial charge >= 0.3 is 0 Å². The van der Waals surface area contributed by atoms with Gasteiger partial charge in [-0.15, -0.1) is 0 Å². The Morgan fingerprint density at radius 2 is 1.91 bits per heavy atom. The summed E-state index contributed by atoms with van der Waals surface area (Å²) in [6.45, 7) is 8.69. The van der Waals surface area contributed by atoms with Gasteiger partial charge in [0.2, 0.25) is 5.58 Å². The molecule has 0 unspecified atom stereocenters. The number of hydrogen-bond donors (Lipinski definition) is 0. The highest BCUT2D eigenvalue weighted by Crippen LogP contribution is 2.48. The smallest absolute Gasteiger partial charge is 0.205 e. The fourth-order valence-corrected chi connectivity index (χ4v) is 5.79. The molecule has 9 heteroatoms. The summed E-state index contributed by atoms with van der Waals surface area (Å²) in [5.41, 5.74) is 3.09. The van der Waals surface area contributed by atoms with E-state index in [1.165, 1.54) is 0 Å². The lowest BCUT2D eigenvalue weighted by Crippen LogP contribution is -2.65. The SMILES string of the molecule is Cc1noc(C)c1-c1noc2c(F)c3c(cc12)CC1(C=NCN=C1)[C@H]1[C@H](C)O[C@H](C)CN31. The molecule has 1 saturated heterocycles. The summed E-state index contributed by atoms with van der Waals surface area (Å²) in [5.74, 6) is 0.226. The van der Waals surface area contributed by atoms with E-state index in [2.05, 4.69) is 25.2 Å². The fraction of sp³-hybridized carbons (Fsp3) is 0.478. The van der Waals surface area contributed by atoms with E-state index in [1.807, 2.05) is 46.2 Å². The zero-order chi connectivity index (χ0) is 22.2. The van der Waals surface area contributed by atoms with Crippen molar-refractivity contribution in [3.63, 3.8) is 0 Å². The molecule has 5 heterocycles. The molecule has 0 N–H and O–H groups in total. The first-order valence-corrected chi connectivity index (χ1v) is 10.9. The molecule has 0 aliphatic carbocycles. The Morgan fingerprint density at radius 1 is 1.12 bits per heavy atom. The third-order valence-corrected chi connectivity index (χ3v) is 6.87. The van der Waals surface area contributed by atoms with Crippen molar-refractivity contribution in [2.24, 2.45) is 15.4 Å². The average Bonchev–Trinajstić information content (AvgIpc) is 3.30. The molecule has 1 fully saturated rings. The van der Waals surface area contributed by atoms with E-state index in [4.69, 9.17) is 13.8 Å². The minimum absolute atomic E-state index is 0.0376. The van der Waals surface area contributed by atoms with Crippen LogP contribution in [0.1, 0.15) is 30.9 Å². The number of benzene rings is 1. The number of fused-ring (bicyclic) bond motifs is 5. The number of aryl methyl sites for hydroxylation is 2. The highest BCUT2D eigenvalue weighted by Gasteiger charge is 2.52. The summed E-state index contributed by atoms with van der Waals surface area (Å²) >= 11 is 0. The van der Waals surface area contributed by atoms with Crippen LogP contribution >= 0.6 is 0 Å². The maximum Gasteiger partial charge on any atom is 0.205 e. The second-order valence-corrected chi connectivity index (χ2v) is 9.11. The number of rotatable bonds is 1. The summed E-state index contributed by atoms with van der Waals surface area (Å²) in [6, 6.07) is 1.88. The number of hydrogen-bond acceptors (Lipinski definition) is 8. The number of nitrogens with zero attached hydrogens (tertiary/aromatic N) is 5. The first-order chi connectivity index (χ1) is 15.4. The van der Waals surface area contributed by atoms with Crippen molar-refractivity contribution in [1.29, 1.82) is 0 Å². The van der Waals surface area contributed by atoms with Gasteiger partial charge in [0, 0.05) is 19.0 Å². The number of anilines is 1. The second kappa shape index (κ2) is 6.71. The molecule has 3 aromatic rings. The highest BCUT2D eigenvalue weighted by atomic mass is 19.1.